The van der Waals surface area contributed by atoms with Gasteiger partial charge in [-0.25, -0.2) is 9.37 Å². The minimum Gasteiger partial charge on any atom is -0.481 e. The van der Waals surface area contributed by atoms with Crippen molar-refractivity contribution >= 4 is 73.4 Å². The van der Waals surface area contributed by atoms with E-state index in [2.05, 4.69) is 56.5 Å². The summed E-state index contributed by atoms with van der Waals surface area (Å²) >= 11 is 0. The van der Waals surface area contributed by atoms with Gasteiger partial charge in [-0.2, -0.15) is 41.8 Å². The summed E-state index contributed by atoms with van der Waals surface area (Å²) in [5.41, 5.74) is 3.38. The monoisotopic (exact) mass is 956 g/mol. The van der Waals surface area contributed by atoms with Gasteiger partial charge >= 0.3 is 5.97 Å². The number of carbonyl (C=O) groups excluding carboxylic acids is 1. The number of hydrogen-bond acceptors (Lipinski definition) is 16. The van der Waals surface area contributed by atoms with E-state index in [4.69, 9.17) is 5.11 Å². The fraction of sp³-hybridized carbons (Fsp3) is 0.227. The SMILES string of the molecule is C/C=C/c1ccc(Cc2nc(Cc3ccccc3)nc(NCCC(=O)O)n2)cc1S(=O)(=O)O.Cc1ccc(Nc2nc(NCCC(=O)NCC[18F])nc(Nc3ccccc3)n2)cc1S(=O)(=O)O. The van der Waals surface area contributed by atoms with Crippen molar-refractivity contribution < 1.29 is 45.0 Å². The quantitative estimate of drug-likeness (QED) is 0.0382. The van der Waals surface area contributed by atoms with Crippen LogP contribution in [0.25, 0.3) is 6.08 Å². The van der Waals surface area contributed by atoms with E-state index in [-0.39, 0.29) is 78.4 Å². The Labute approximate surface area is 386 Å². The van der Waals surface area contributed by atoms with Gasteiger partial charge in [0.05, 0.1) is 11.3 Å². The third-order valence-electron chi connectivity index (χ3n) is 9.06. The van der Waals surface area contributed by atoms with Crippen LogP contribution in [0.2, 0.25) is 0 Å². The summed E-state index contributed by atoms with van der Waals surface area (Å²) in [6.07, 6.45) is 3.89. The average Bonchev–Trinajstić information content (AvgIpc) is 3.27. The molecule has 2 aromatic heterocycles. The molecule has 0 saturated carbocycles. The number of rotatable bonds is 21. The van der Waals surface area contributed by atoms with Crippen LogP contribution in [-0.2, 0) is 42.7 Å². The highest BCUT2D eigenvalue weighted by atomic mass is 32.2. The first-order chi connectivity index (χ1) is 32.0. The number of halogens is 1. The zero-order valence-electron chi connectivity index (χ0n) is 36.2. The Bertz CT molecular complexity index is 2900. The van der Waals surface area contributed by atoms with Crippen molar-refractivity contribution in [2.24, 2.45) is 0 Å². The second kappa shape index (κ2) is 24.2. The molecule has 0 spiro atoms. The third-order valence-corrected chi connectivity index (χ3v) is 11.0. The lowest BCUT2D eigenvalue weighted by atomic mass is 10.1. The van der Waals surface area contributed by atoms with Crippen molar-refractivity contribution in [2.45, 2.75) is 49.3 Å². The maximum absolute atomic E-state index is 12.2. The number of aromatic nitrogens is 6. The number of aryl methyl sites for hydroxylation is 1. The summed E-state index contributed by atoms with van der Waals surface area (Å²) in [7, 11) is -8.83. The predicted octanol–water partition coefficient (Wildman–Crippen LogP) is 6.02. The van der Waals surface area contributed by atoms with Crippen LogP contribution < -0.4 is 26.6 Å². The Balaban J connectivity index is 0.000000251. The average molecular weight is 957 g/mol. The van der Waals surface area contributed by atoms with E-state index in [0.29, 0.717) is 40.4 Å². The highest BCUT2D eigenvalue weighted by molar-refractivity contribution is 7.86. The maximum Gasteiger partial charge on any atom is 0.305 e. The normalized spacial score (nSPS) is 11.3. The van der Waals surface area contributed by atoms with Gasteiger partial charge in [-0.3, -0.25) is 18.7 Å². The number of nitrogens with zero attached hydrogens (tertiary/aromatic N) is 6. The van der Waals surface area contributed by atoms with Gasteiger partial charge in [0.25, 0.3) is 20.2 Å². The molecule has 0 radical (unpaired) electrons. The molecule has 67 heavy (non-hydrogen) atoms. The van der Waals surface area contributed by atoms with Gasteiger partial charge in [0.2, 0.25) is 29.7 Å². The lowest BCUT2D eigenvalue weighted by Gasteiger charge is -2.12. The fourth-order valence-corrected chi connectivity index (χ4v) is 7.53. The molecule has 2 heterocycles. The Morgan fingerprint density at radius 3 is 1.79 bits per heavy atom. The van der Waals surface area contributed by atoms with Crippen molar-refractivity contribution in [3.8, 4) is 0 Å². The van der Waals surface area contributed by atoms with E-state index in [0.717, 1.165) is 11.3 Å². The summed E-state index contributed by atoms with van der Waals surface area (Å²) in [5.74, 6) is 0.276. The lowest BCUT2D eigenvalue weighted by molar-refractivity contribution is -0.136. The van der Waals surface area contributed by atoms with Crippen LogP contribution in [-0.4, -0.2) is 99.1 Å². The first-order valence-electron chi connectivity index (χ1n) is 20.5. The molecule has 0 atom stereocenters. The van der Waals surface area contributed by atoms with Crippen LogP contribution in [0.1, 0.15) is 53.7 Å². The molecule has 23 heteroatoms. The second-order valence-electron chi connectivity index (χ2n) is 14.3. The number of para-hydroxylation sites is 1. The number of allylic oxidation sites excluding steroid dienone is 1. The van der Waals surface area contributed by atoms with E-state index in [1.54, 1.807) is 44.2 Å². The molecule has 1 amide bonds. The molecule has 0 aliphatic rings. The van der Waals surface area contributed by atoms with Crippen molar-refractivity contribution in [2.75, 3.05) is 47.6 Å². The number of carboxylic acid groups (broad SMARTS) is 1. The lowest BCUT2D eigenvalue weighted by Crippen LogP contribution is -2.27. The molecular formula is C44H48FN11O9S2. The van der Waals surface area contributed by atoms with Crippen LogP contribution in [0.5, 0.6) is 0 Å². The van der Waals surface area contributed by atoms with Crippen molar-refractivity contribution in [3.05, 3.63) is 137 Å². The minimum absolute atomic E-state index is 0.0497. The van der Waals surface area contributed by atoms with Crippen LogP contribution >= 0.6 is 0 Å². The van der Waals surface area contributed by atoms with Gasteiger partial charge in [-0.15, -0.1) is 0 Å². The fourth-order valence-electron chi connectivity index (χ4n) is 6.04. The van der Waals surface area contributed by atoms with E-state index in [1.165, 1.54) is 18.2 Å². The van der Waals surface area contributed by atoms with E-state index in [9.17, 15) is 39.9 Å². The largest absolute Gasteiger partial charge is 0.481 e. The van der Waals surface area contributed by atoms with Gasteiger partial charge in [0, 0.05) is 50.3 Å². The van der Waals surface area contributed by atoms with Gasteiger partial charge < -0.3 is 31.7 Å². The van der Waals surface area contributed by atoms with Gasteiger partial charge in [-0.1, -0.05) is 78.9 Å². The van der Waals surface area contributed by atoms with Crippen molar-refractivity contribution in [1.29, 1.82) is 0 Å². The molecule has 8 N–H and O–H groups in total. The molecule has 6 rings (SSSR count). The number of alkyl halides is 1. The summed E-state index contributed by atoms with van der Waals surface area (Å²) in [6.45, 7) is 2.95. The zero-order valence-corrected chi connectivity index (χ0v) is 37.9. The topological polar surface area (TPSA) is 301 Å². The predicted molar refractivity (Wildman–Crippen MR) is 250 cm³/mol. The van der Waals surface area contributed by atoms with Gasteiger partial charge in [-0.05, 0) is 66.4 Å². The maximum atomic E-state index is 12.2. The highest BCUT2D eigenvalue weighted by Gasteiger charge is 2.18. The van der Waals surface area contributed by atoms with E-state index >= 15 is 0 Å². The number of nitrogens with one attached hydrogen (secondary N) is 5. The Kier molecular flexibility index (Phi) is 18.2. The molecule has 0 bridgehead atoms. The molecule has 6 aromatic rings. The smallest absolute Gasteiger partial charge is 0.305 e. The third kappa shape index (κ3) is 16.8. The van der Waals surface area contributed by atoms with Crippen LogP contribution in [0.4, 0.5) is 39.6 Å². The molecule has 20 nitrogen and oxygen atoms in total. The summed E-state index contributed by atoms with van der Waals surface area (Å²) in [6, 6.07) is 27.9. The molecular weight excluding hydrogens is 909 g/mol. The van der Waals surface area contributed by atoms with Crippen LogP contribution in [0.3, 0.4) is 0 Å². The van der Waals surface area contributed by atoms with Gasteiger partial charge in [0.15, 0.2) is 0 Å². The van der Waals surface area contributed by atoms with E-state index in [1.807, 2.05) is 60.7 Å². The molecule has 0 unspecified atom stereocenters. The van der Waals surface area contributed by atoms with Crippen molar-refractivity contribution in [1.82, 2.24) is 35.2 Å². The van der Waals surface area contributed by atoms with E-state index < -0.39 is 32.9 Å². The summed E-state index contributed by atoms with van der Waals surface area (Å²) in [4.78, 5) is 48.2. The number of aliphatic carboxylic acids is 1. The number of benzene rings is 4. The number of hydrogen-bond donors (Lipinski definition) is 8. The van der Waals surface area contributed by atoms with Crippen LogP contribution in [0, 0.1) is 6.92 Å². The summed E-state index contributed by atoms with van der Waals surface area (Å²) < 4.78 is 78.2. The highest BCUT2D eigenvalue weighted by Crippen LogP contribution is 2.24. The molecule has 0 aliphatic carbocycles. The first-order valence-corrected chi connectivity index (χ1v) is 23.3. The molecule has 352 valence electrons. The first kappa shape index (κ1) is 50.5. The molecule has 4 aromatic carbocycles. The summed E-state index contributed by atoms with van der Waals surface area (Å²) in [5, 5.41) is 23.1. The van der Waals surface area contributed by atoms with Gasteiger partial charge in [0.1, 0.15) is 23.2 Å². The Morgan fingerprint density at radius 1 is 0.627 bits per heavy atom. The number of anilines is 6. The number of amides is 1. The number of carboxylic acids is 1. The number of carbonyl (C=O) groups is 2. The Hall–Kier alpha value is -7.47. The Morgan fingerprint density at radius 2 is 1.19 bits per heavy atom. The second-order valence-corrected chi connectivity index (χ2v) is 17.1. The minimum atomic E-state index is -4.42. The molecule has 0 aliphatic heterocycles. The molecule has 0 fully saturated rings. The van der Waals surface area contributed by atoms with Crippen LogP contribution in [0.15, 0.2) is 113 Å². The van der Waals surface area contributed by atoms with Crippen molar-refractivity contribution in [3.63, 3.8) is 0 Å². The zero-order chi connectivity index (χ0) is 48.4. The molecule has 0 saturated heterocycles. The standard InChI is InChI=1S/C23H24N4O5S.C21H24FN7O4S/c1-2-6-18-10-9-17(13-19(18)33(30,31)32)15-21-25-20(14-16-7-4-3-5-8-16)26-23(27-21)24-12-11-22(28)29;1-14-7-8-16(13-17(14)34(31,32)33)26-21-28-19(24-11-9-18(30)23-12-10-22)27-20(29-21)25-15-5-3-2-4-6-15/h2-10,13H,11-12,14-15H2,1H3,(H,28,29)(H,30,31,32)(H,24,25,26,27);2-8,13H,9-12H2,1H3,(H,23,30)(H,31,32,33)(H3,24,25,26,27,28,29)/b6-2+;/i;22-1.